The summed E-state index contributed by atoms with van der Waals surface area (Å²) in [7, 11) is -2.99. The Morgan fingerprint density at radius 2 is 2.14 bits per heavy atom. The zero-order valence-corrected chi connectivity index (χ0v) is 13.2. The number of carbonyl (C=O) groups excluding carboxylic acids is 1. The Balaban J connectivity index is 2.46. The van der Waals surface area contributed by atoms with Gasteiger partial charge in [0.15, 0.2) is 0 Å². The van der Waals surface area contributed by atoms with E-state index < -0.39 is 20.0 Å². The number of hydrogen-bond donors (Lipinski definition) is 3. The van der Waals surface area contributed by atoms with Crippen molar-refractivity contribution in [3.63, 3.8) is 0 Å². The monoisotopic (exact) mass is 324 g/mol. The number of β-amino-alcohol motifs (C(OH)–C–C–N with tert-alkyl or cyclic N) is 1. The first-order valence-electron chi connectivity index (χ1n) is 7.10. The molecule has 3 atom stereocenters. The molecule has 0 aliphatic carbocycles. The fraction of sp³-hybridized carbons (Fsp3) is 0.917. The zero-order chi connectivity index (χ0) is 15.9. The van der Waals surface area contributed by atoms with E-state index in [1.807, 2.05) is 0 Å². The highest BCUT2D eigenvalue weighted by Gasteiger charge is 2.35. The van der Waals surface area contributed by atoms with Crippen LogP contribution in [-0.2, 0) is 18.4 Å². The maximum Gasteiger partial charge on any atom is 0.471 e. The van der Waals surface area contributed by atoms with Gasteiger partial charge in [0.2, 0.25) is 5.91 Å². The van der Waals surface area contributed by atoms with Crippen molar-refractivity contribution in [1.82, 2.24) is 4.90 Å². The molecule has 0 bridgehead atoms. The van der Waals surface area contributed by atoms with Gasteiger partial charge in [-0.2, -0.15) is 0 Å². The summed E-state index contributed by atoms with van der Waals surface area (Å²) in [6.07, 6.45) is 2.58. The van der Waals surface area contributed by atoms with Gasteiger partial charge in [0, 0.05) is 20.1 Å². The number of phosphoric acid groups is 1. The van der Waals surface area contributed by atoms with Crippen molar-refractivity contribution in [2.75, 3.05) is 26.8 Å². The van der Waals surface area contributed by atoms with Crippen LogP contribution < -0.4 is 5.73 Å². The number of nitrogens with two attached hydrogens (primary N) is 1. The van der Waals surface area contributed by atoms with Crippen molar-refractivity contribution in [3.05, 3.63) is 0 Å². The standard InChI is InChI=1S/C12H25N2O6P/c1-19-21(17,18)20-9-10-7-11(15)8-14(10)12(16)5-3-2-4-6-13/h10-11,15H,2-9,13H2,1H3,(H,17,18)/t10-,11?/m0/s1. The third-order valence-electron chi connectivity index (χ3n) is 3.47. The van der Waals surface area contributed by atoms with Gasteiger partial charge in [-0.1, -0.05) is 6.42 Å². The topological polar surface area (TPSA) is 122 Å². The highest BCUT2D eigenvalue weighted by Crippen LogP contribution is 2.42. The number of likely N-dealkylation sites (tertiary alicyclic amines) is 1. The van der Waals surface area contributed by atoms with Crippen molar-refractivity contribution in [3.8, 4) is 0 Å². The van der Waals surface area contributed by atoms with Crippen LogP contribution in [0, 0.1) is 0 Å². The average molecular weight is 324 g/mol. The van der Waals surface area contributed by atoms with E-state index in [2.05, 4.69) is 4.52 Å². The summed E-state index contributed by atoms with van der Waals surface area (Å²) in [6.45, 7) is 0.704. The molecule has 2 unspecified atom stereocenters. The van der Waals surface area contributed by atoms with Crippen LogP contribution in [0.2, 0.25) is 0 Å². The SMILES string of the molecule is COP(=O)(O)OC[C@@H]1CC(O)CN1C(=O)CCCCCN. The first kappa shape index (κ1) is 18.5. The highest BCUT2D eigenvalue weighted by molar-refractivity contribution is 7.47. The third kappa shape index (κ3) is 6.42. The van der Waals surface area contributed by atoms with Gasteiger partial charge >= 0.3 is 7.82 Å². The molecule has 124 valence electrons. The Labute approximate surface area is 124 Å². The number of aliphatic hydroxyl groups is 1. The molecule has 0 spiro atoms. The summed E-state index contributed by atoms with van der Waals surface area (Å²) in [6, 6.07) is -0.405. The number of aliphatic hydroxyl groups excluding tert-OH is 1. The molecule has 21 heavy (non-hydrogen) atoms. The number of rotatable bonds is 9. The zero-order valence-electron chi connectivity index (χ0n) is 12.3. The van der Waals surface area contributed by atoms with Crippen LogP contribution in [0.15, 0.2) is 0 Å². The normalized spacial score (nSPS) is 25.0. The van der Waals surface area contributed by atoms with E-state index in [1.54, 1.807) is 0 Å². The number of hydrogen-bond acceptors (Lipinski definition) is 6. The maximum absolute atomic E-state index is 12.1. The van der Waals surface area contributed by atoms with Crippen LogP contribution >= 0.6 is 7.82 Å². The van der Waals surface area contributed by atoms with E-state index in [0.717, 1.165) is 26.4 Å². The summed E-state index contributed by atoms with van der Waals surface area (Å²) in [5.74, 6) is -0.0811. The molecular formula is C12H25N2O6P. The van der Waals surface area contributed by atoms with Crippen LogP contribution in [0.1, 0.15) is 32.1 Å². The molecule has 1 aliphatic rings. The minimum Gasteiger partial charge on any atom is -0.391 e. The van der Waals surface area contributed by atoms with Crippen LogP contribution in [0.25, 0.3) is 0 Å². The second-order valence-electron chi connectivity index (χ2n) is 5.14. The molecule has 0 radical (unpaired) electrons. The van der Waals surface area contributed by atoms with Gasteiger partial charge in [-0.05, 0) is 25.8 Å². The van der Waals surface area contributed by atoms with Gasteiger partial charge in [-0.15, -0.1) is 0 Å². The van der Waals surface area contributed by atoms with E-state index in [1.165, 1.54) is 4.90 Å². The fourth-order valence-electron chi connectivity index (χ4n) is 2.33. The second-order valence-corrected chi connectivity index (χ2v) is 6.70. The largest absolute Gasteiger partial charge is 0.471 e. The Morgan fingerprint density at radius 3 is 2.76 bits per heavy atom. The van der Waals surface area contributed by atoms with Crippen LogP contribution in [0.4, 0.5) is 0 Å². The highest BCUT2D eigenvalue weighted by atomic mass is 31.2. The van der Waals surface area contributed by atoms with E-state index in [9.17, 15) is 19.4 Å². The molecule has 0 saturated carbocycles. The first-order chi connectivity index (χ1) is 9.89. The lowest BCUT2D eigenvalue weighted by molar-refractivity contribution is -0.133. The van der Waals surface area contributed by atoms with E-state index in [-0.39, 0.29) is 19.1 Å². The van der Waals surface area contributed by atoms with Gasteiger partial charge in [0.05, 0.1) is 18.8 Å². The molecule has 1 heterocycles. The van der Waals surface area contributed by atoms with Crippen molar-refractivity contribution >= 4 is 13.7 Å². The number of carbonyl (C=O) groups is 1. The van der Waals surface area contributed by atoms with E-state index in [4.69, 9.17) is 10.3 Å². The molecule has 0 aromatic rings. The molecule has 1 fully saturated rings. The van der Waals surface area contributed by atoms with Gasteiger partial charge < -0.3 is 20.6 Å². The summed E-state index contributed by atoms with van der Waals surface area (Å²) < 4.78 is 20.4. The van der Waals surface area contributed by atoms with Crippen molar-refractivity contribution in [2.45, 2.75) is 44.2 Å². The van der Waals surface area contributed by atoms with Gasteiger partial charge in [0.1, 0.15) is 0 Å². The Hall–Kier alpha value is -0.500. The summed E-state index contributed by atoms with van der Waals surface area (Å²) in [5.41, 5.74) is 5.39. The van der Waals surface area contributed by atoms with Crippen LogP contribution in [-0.4, -0.2) is 59.8 Å². The number of nitrogens with zero attached hydrogens (tertiary/aromatic N) is 1. The van der Waals surface area contributed by atoms with Crippen LogP contribution in [0.3, 0.4) is 0 Å². The molecule has 0 aromatic heterocycles. The molecule has 8 nitrogen and oxygen atoms in total. The van der Waals surface area contributed by atoms with E-state index in [0.29, 0.717) is 19.4 Å². The predicted octanol–water partition coefficient (Wildman–Crippen LogP) is 0.231. The minimum atomic E-state index is -4.07. The molecule has 4 N–H and O–H groups in total. The molecule has 1 rings (SSSR count). The molecule has 0 aromatic carbocycles. The fourth-order valence-corrected chi connectivity index (χ4v) is 2.80. The number of amides is 1. The van der Waals surface area contributed by atoms with Crippen molar-refractivity contribution < 1.29 is 28.4 Å². The smallest absolute Gasteiger partial charge is 0.391 e. The summed E-state index contributed by atoms with van der Waals surface area (Å²) in [4.78, 5) is 22.8. The molecule has 9 heteroatoms. The van der Waals surface area contributed by atoms with Gasteiger partial charge in [-0.3, -0.25) is 13.8 Å². The van der Waals surface area contributed by atoms with Crippen molar-refractivity contribution in [1.29, 1.82) is 0 Å². The van der Waals surface area contributed by atoms with E-state index >= 15 is 0 Å². The molecular weight excluding hydrogens is 299 g/mol. The predicted molar refractivity (Wildman–Crippen MR) is 76.4 cm³/mol. The minimum absolute atomic E-state index is 0.0811. The lowest BCUT2D eigenvalue weighted by atomic mass is 10.1. The molecule has 1 saturated heterocycles. The Bertz CT molecular complexity index is 381. The Kier molecular flexibility index (Phi) is 7.79. The quantitative estimate of drug-likeness (QED) is 0.410. The number of phosphoric ester groups is 1. The lowest BCUT2D eigenvalue weighted by Gasteiger charge is -2.24. The summed E-state index contributed by atoms with van der Waals surface area (Å²) in [5, 5.41) is 9.69. The lowest BCUT2D eigenvalue weighted by Crippen LogP contribution is -2.38. The average Bonchev–Trinajstić information content (AvgIpc) is 2.82. The Morgan fingerprint density at radius 1 is 1.43 bits per heavy atom. The maximum atomic E-state index is 12.1. The molecule has 1 amide bonds. The number of unbranched alkanes of at least 4 members (excludes halogenated alkanes) is 2. The van der Waals surface area contributed by atoms with Crippen LogP contribution in [0.5, 0.6) is 0 Å². The summed E-state index contributed by atoms with van der Waals surface area (Å²) >= 11 is 0. The molecule has 1 aliphatic heterocycles. The van der Waals surface area contributed by atoms with Gasteiger partial charge in [0.25, 0.3) is 0 Å². The first-order valence-corrected chi connectivity index (χ1v) is 8.60. The van der Waals surface area contributed by atoms with Crippen molar-refractivity contribution in [2.24, 2.45) is 5.73 Å². The third-order valence-corrected chi connectivity index (χ3v) is 4.41. The van der Waals surface area contributed by atoms with Gasteiger partial charge in [-0.25, -0.2) is 4.57 Å². The second kappa shape index (κ2) is 8.82.